The minimum absolute atomic E-state index is 0.105. The van der Waals surface area contributed by atoms with E-state index in [2.05, 4.69) is 0 Å². The van der Waals surface area contributed by atoms with Crippen LogP contribution >= 0.6 is 0 Å². The summed E-state index contributed by atoms with van der Waals surface area (Å²) in [7, 11) is 4.51. The van der Waals surface area contributed by atoms with Crippen molar-refractivity contribution in [2.24, 2.45) is 0 Å². The highest BCUT2D eigenvalue weighted by atomic mass is 16.5. The summed E-state index contributed by atoms with van der Waals surface area (Å²) in [6.07, 6.45) is 0. The standard InChI is InChI=1S/C22H20O6/c1-13(23)15-12-18(27-4)19-16(25-2)10-11-17(26-3)20(19)21(15)28-22(24)14-8-6-5-7-9-14/h5-12H,1-4H3. The zero-order valence-electron chi connectivity index (χ0n) is 16.1. The van der Waals surface area contributed by atoms with E-state index in [4.69, 9.17) is 18.9 Å². The van der Waals surface area contributed by atoms with Crippen molar-refractivity contribution in [2.75, 3.05) is 21.3 Å². The molecular weight excluding hydrogens is 360 g/mol. The van der Waals surface area contributed by atoms with E-state index in [-0.39, 0.29) is 17.1 Å². The first-order valence-corrected chi connectivity index (χ1v) is 8.55. The van der Waals surface area contributed by atoms with Crippen LogP contribution in [0.3, 0.4) is 0 Å². The Labute approximate surface area is 162 Å². The Hall–Kier alpha value is -3.54. The number of carbonyl (C=O) groups is 2. The van der Waals surface area contributed by atoms with Gasteiger partial charge in [0.05, 0.1) is 43.2 Å². The summed E-state index contributed by atoms with van der Waals surface area (Å²) in [4.78, 5) is 25.0. The normalized spacial score (nSPS) is 10.4. The molecule has 3 aromatic rings. The summed E-state index contributed by atoms with van der Waals surface area (Å²) in [6.45, 7) is 1.40. The van der Waals surface area contributed by atoms with Gasteiger partial charge in [-0.1, -0.05) is 18.2 Å². The largest absolute Gasteiger partial charge is 0.496 e. The lowest BCUT2D eigenvalue weighted by Crippen LogP contribution is -2.12. The fourth-order valence-electron chi connectivity index (χ4n) is 3.03. The minimum Gasteiger partial charge on any atom is -0.496 e. The molecule has 0 aliphatic rings. The van der Waals surface area contributed by atoms with Crippen molar-refractivity contribution >= 4 is 22.5 Å². The van der Waals surface area contributed by atoms with Crippen LogP contribution in [-0.4, -0.2) is 33.1 Å². The minimum atomic E-state index is -0.584. The van der Waals surface area contributed by atoms with Gasteiger partial charge in [-0.05, 0) is 37.3 Å². The van der Waals surface area contributed by atoms with Gasteiger partial charge in [0.15, 0.2) is 11.5 Å². The molecule has 0 saturated carbocycles. The second kappa shape index (κ2) is 8.00. The molecule has 0 aliphatic heterocycles. The van der Waals surface area contributed by atoms with Gasteiger partial charge >= 0.3 is 5.97 Å². The van der Waals surface area contributed by atoms with Crippen LogP contribution in [0.5, 0.6) is 23.0 Å². The molecule has 0 aromatic heterocycles. The molecule has 0 aliphatic carbocycles. The van der Waals surface area contributed by atoms with Crippen molar-refractivity contribution in [3.63, 3.8) is 0 Å². The number of fused-ring (bicyclic) bond motifs is 1. The Bertz CT molecular complexity index is 1040. The molecule has 28 heavy (non-hydrogen) atoms. The average molecular weight is 380 g/mol. The Morgan fingerprint density at radius 1 is 0.750 bits per heavy atom. The first-order valence-electron chi connectivity index (χ1n) is 8.55. The van der Waals surface area contributed by atoms with Crippen LogP contribution < -0.4 is 18.9 Å². The van der Waals surface area contributed by atoms with E-state index in [1.54, 1.807) is 48.5 Å². The zero-order chi connectivity index (χ0) is 20.3. The molecule has 0 bridgehead atoms. The molecule has 0 amide bonds. The third-order valence-corrected chi connectivity index (χ3v) is 4.37. The summed E-state index contributed by atoms with van der Waals surface area (Å²) in [5.74, 6) is 0.580. The molecule has 0 saturated heterocycles. The lowest BCUT2D eigenvalue weighted by molar-refractivity contribution is 0.0735. The van der Waals surface area contributed by atoms with Crippen LogP contribution in [0.2, 0.25) is 0 Å². The lowest BCUT2D eigenvalue weighted by Gasteiger charge is -2.18. The van der Waals surface area contributed by atoms with Crippen LogP contribution in [0.15, 0.2) is 48.5 Å². The van der Waals surface area contributed by atoms with Crippen molar-refractivity contribution in [1.82, 2.24) is 0 Å². The summed E-state index contributed by atoms with van der Waals surface area (Å²) in [6, 6.07) is 13.5. The van der Waals surface area contributed by atoms with Crippen LogP contribution in [0.4, 0.5) is 0 Å². The van der Waals surface area contributed by atoms with Gasteiger partial charge < -0.3 is 18.9 Å². The van der Waals surface area contributed by atoms with E-state index in [1.165, 1.54) is 28.3 Å². The molecule has 0 heterocycles. The number of hydrogen-bond donors (Lipinski definition) is 0. The molecule has 0 spiro atoms. The number of benzene rings is 3. The molecule has 6 nitrogen and oxygen atoms in total. The zero-order valence-corrected chi connectivity index (χ0v) is 16.1. The van der Waals surface area contributed by atoms with Crippen LogP contribution in [0.1, 0.15) is 27.6 Å². The van der Waals surface area contributed by atoms with Crippen molar-refractivity contribution in [3.05, 3.63) is 59.7 Å². The fraction of sp³-hybridized carbons (Fsp3) is 0.182. The molecule has 0 fully saturated rings. The lowest BCUT2D eigenvalue weighted by atomic mass is 10.00. The SMILES string of the molecule is COc1ccc(OC)c2c(OC(=O)c3ccccc3)c(C(C)=O)cc(OC)c12. The average Bonchev–Trinajstić information content (AvgIpc) is 2.73. The predicted octanol–water partition coefficient (Wildman–Crippen LogP) is 4.29. The van der Waals surface area contributed by atoms with Crippen LogP contribution in [-0.2, 0) is 0 Å². The summed E-state index contributed by atoms with van der Waals surface area (Å²) in [5, 5.41) is 0.973. The summed E-state index contributed by atoms with van der Waals surface area (Å²) in [5.41, 5.74) is 0.572. The highest BCUT2D eigenvalue weighted by Crippen LogP contribution is 2.46. The van der Waals surface area contributed by atoms with Gasteiger partial charge in [-0.3, -0.25) is 4.79 Å². The topological polar surface area (TPSA) is 71.1 Å². The Morgan fingerprint density at radius 2 is 1.32 bits per heavy atom. The highest BCUT2D eigenvalue weighted by Gasteiger charge is 2.25. The van der Waals surface area contributed by atoms with Crippen LogP contribution in [0.25, 0.3) is 10.8 Å². The number of hydrogen-bond acceptors (Lipinski definition) is 6. The molecule has 6 heteroatoms. The first-order chi connectivity index (χ1) is 13.5. The van der Waals surface area contributed by atoms with E-state index in [0.29, 0.717) is 33.6 Å². The van der Waals surface area contributed by atoms with Crippen molar-refractivity contribution in [3.8, 4) is 23.0 Å². The smallest absolute Gasteiger partial charge is 0.343 e. The predicted molar refractivity (Wildman–Crippen MR) is 105 cm³/mol. The van der Waals surface area contributed by atoms with Crippen LogP contribution in [0, 0.1) is 0 Å². The van der Waals surface area contributed by atoms with E-state index < -0.39 is 5.97 Å². The summed E-state index contributed by atoms with van der Waals surface area (Å²) >= 11 is 0. The molecule has 0 radical (unpaired) electrons. The summed E-state index contributed by atoms with van der Waals surface area (Å²) < 4.78 is 22.1. The van der Waals surface area contributed by atoms with Gasteiger partial charge in [-0.25, -0.2) is 4.79 Å². The second-order valence-electron chi connectivity index (χ2n) is 5.99. The number of esters is 1. The Balaban J connectivity index is 2.34. The molecule has 3 aromatic carbocycles. The van der Waals surface area contributed by atoms with E-state index in [1.807, 2.05) is 0 Å². The monoisotopic (exact) mass is 380 g/mol. The Morgan fingerprint density at radius 3 is 1.86 bits per heavy atom. The quantitative estimate of drug-likeness (QED) is 0.361. The fourth-order valence-corrected chi connectivity index (χ4v) is 3.03. The van der Waals surface area contributed by atoms with Gasteiger partial charge in [-0.2, -0.15) is 0 Å². The van der Waals surface area contributed by atoms with Crippen molar-refractivity contribution in [1.29, 1.82) is 0 Å². The molecular formula is C22H20O6. The van der Waals surface area contributed by atoms with Gasteiger partial charge in [0.25, 0.3) is 0 Å². The molecule has 0 unspecified atom stereocenters. The van der Waals surface area contributed by atoms with Gasteiger partial charge in [-0.15, -0.1) is 0 Å². The van der Waals surface area contributed by atoms with Gasteiger partial charge in [0.1, 0.15) is 17.2 Å². The maximum Gasteiger partial charge on any atom is 0.343 e. The second-order valence-corrected chi connectivity index (χ2v) is 5.99. The number of ether oxygens (including phenoxy) is 4. The van der Waals surface area contributed by atoms with Crippen molar-refractivity contribution < 1.29 is 28.5 Å². The highest BCUT2D eigenvalue weighted by molar-refractivity contribution is 6.11. The third kappa shape index (κ3) is 3.36. The maximum atomic E-state index is 12.7. The maximum absolute atomic E-state index is 12.7. The number of ketones is 1. The number of Topliss-reactive ketones (excluding diaryl/α,β-unsaturated/α-hetero) is 1. The molecule has 3 rings (SSSR count). The molecule has 0 atom stereocenters. The molecule has 0 N–H and O–H groups in total. The van der Waals surface area contributed by atoms with E-state index in [0.717, 1.165) is 0 Å². The third-order valence-electron chi connectivity index (χ3n) is 4.37. The number of methoxy groups -OCH3 is 3. The van der Waals surface area contributed by atoms with Gasteiger partial charge in [0, 0.05) is 0 Å². The molecule has 144 valence electrons. The van der Waals surface area contributed by atoms with E-state index in [9.17, 15) is 9.59 Å². The van der Waals surface area contributed by atoms with Gasteiger partial charge in [0.2, 0.25) is 0 Å². The van der Waals surface area contributed by atoms with E-state index >= 15 is 0 Å². The number of carbonyl (C=O) groups excluding carboxylic acids is 2. The number of rotatable bonds is 6. The Kier molecular flexibility index (Phi) is 5.49. The van der Waals surface area contributed by atoms with Crippen molar-refractivity contribution in [2.45, 2.75) is 6.92 Å². The first kappa shape index (κ1) is 19.2.